The van der Waals surface area contributed by atoms with Crippen LogP contribution in [0.2, 0.25) is 0 Å². The normalized spacial score (nSPS) is 10.2. The van der Waals surface area contributed by atoms with Crippen LogP contribution in [-0.2, 0) is 23.7 Å². The van der Waals surface area contributed by atoms with E-state index < -0.39 is 10.9 Å². The van der Waals surface area contributed by atoms with E-state index in [1.165, 1.54) is 0 Å². The van der Waals surface area contributed by atoms with Crippen LogP contribution in [0.4, 0.5) is 0 Å². The minimum atomic E-state index is -2.62. The lowest BCUT2D eigenvalue weighted by molar-refractivity contribution is 0.293. The Morgan fingerprint density at radius 1 is 0.864 bits per heavy atom. The fourth-order valence-electron chi connectivity index (χ4n) is 2.28. The maximum absolute atomic E-state index is 9.22. The maximum atomic E-state index is 9.22. The highest BCUT2D eigenvalue weighted by molar-refractivity contribution is 7.69. The Morgan fingerprint density at radius 2 is 1.45 bits per heavy atom. The molecule has 120 valence electrons. The SMILES string of the molecule is N[SH](=O)=O.OCCc1cccc(-c2ccccc2)c1CCO. The molecule has 0 heterocycles. The zero-order valence-corrected chi connectivity index (χ0v) is 13.1. The van der Waals surface area contributed by atoms with Crippen LogP contribution in [0.1, 0.15) is 11.1 Å². The molecule has 2 aromatic carbocycles. The van der Waals surface area contributed by atoms with Crippen LogP contribution in [-0.4, -0.2) is 31.8 Å². The molecule has 0 aliphatic heterocycles. The second-order valence-corrected chi connectivity index (χ2v) is 5.11. The predicted octanol–water partition coefficient (Wildman–Crippen LogP) is 0.895. The highest BCUT2D eigenvalue weighted by atomic mass is 32.2. The number of nitrogens with two attached hydrogens (primary N) is 1. The first-order valence-corrected chi connectivity index (χ1v) is 8.11. The van der Waals surface area contributed by atoms with Crippen molar-refractivity contribution in [1.29, 1.82) is 0 Å². The molecule has 0 radical (unpaired) electrons. The number of thiol groups is 1. The van der Waals surface area contributed by atoms with Gasteiger partial charge in [0, 0.05) is 13.2 Å². The first-order chi connectivity index (χ1) is 10.6. The Morgan fingerprint density at radius 3 is 2.00 bits per heavy atom. The number of hydrogen-bond acceptors (Lipinski definition) is 4. The zero-order chi connectivity index (χ0) is 16.4. The van der Waals surface area contributed by atoms with Crippen LogP contribution in [0, 0.1) is 0 Å². The maximum Gasteiger partial charge on any atom is 0.198 e. The fourth-order valence-corrected chi connectivity index (χ4v) is 2.28. The van der Waals surface area contributed by atoms with Crippen LogP contribution in [0.3, 0.4) is 0 Å². The second-order valence-electron chi connectivity index (χ2n) is 4.54. The predicted molar refractivity (Wildman–Crippen MR) is 88.0 cm³/mol. The number of aliphatic hydroxyl groups is 2. The van der Waals surface area contributed by atoms with Crippen LogP contribution >= 0.6 is 0 Å². The van der Waals surface area contributed by atoms with Gasteiger partial charge in [-0.15, -0.1) is 0 Å². The third-order valence-electron chi connectivity index (χ3n) is 3.10. The number of hydrogen-bond donors (Lipinski definition) is 4. The zero-order valence-electron chi connectivity index (χ0n) is 12.2. The molecule has 0 saturated heterocycles. The van der Waals surface area contributed by atoms with E-state index in [1.807, 2.05) is 30.3 Å². The minimum absolute atomic E-state index is 0.127. The van der Waals surface area contributed by atoms with Crippen molar-refractivity contribution >= 4 is 10.9 Å². The molecule has 5 nitrogen and oxygen atoms in total. The van der Waals surface area contributed by atoms with E-state index in [0.717, 1.165) is 22.3 Å². The monoisotopic (exact) mass is 323 g/mol. The van der Waals surface area contributed by atoms with E-state index in [2.05, 4.69) is 23.3 Å². The van der Waals surface area contributed by atoms with Gasteiger partial charge in [0.2, 0.25) is 0 Å². The third-order valence-corrected chi connectivity index (χ3v) is 3.10. The minimum Gasteiger partial charge on any atom is -0.396 e. The van der Waals surface area contributed by atoms with Gasteiger partial charge in [0.25, 0.3) is 0 Å². The lowest BCUT2D eigenvalue weighted by Gasteiger charge is -2.14. The molecule has 6 heteroatoms. The van der Waals surface area contributed by atoms with Crippen molar-refractivity contribution in [2.45, 2.75) is 12.8 Å². The quantitative estimate of drug-likeness (QED) is 0.614. The van der Waals surface area contributed by atoms with Crippen LogP contribution in [0.25, 0.3) is 11.1 Å². The largest absolute Gasteiger partial charge is 0.396 e. The van der Waals surface area contributed by atoms with E-state index in [1.54, 1.807) is 0 Å². The van der Waals surface area contributed by atoms with E-state index in [4.69, 9.17) is 13.5 Å². The Balaban J connectivity index is 0.000000541. The molecule has 0 spiro atoms. The smallest absolute Gasteiger partial charge is 0.198 e. The Hall–Kier alpha value is -1.73. The first kappa shape index (κ1) is 18.3. The van der Waals surface area contributed by atoms with Gasteiger partial charge in [-0.05, 0) is 35.1 Å². The third kappa shape index (κ3) is 5.95. The molecular formula is C16H21NO4S. The Kier molecular flexibility index (Phi) is 8.39. The van der Waals surface area contributed by atoms with Crippen molar-refractivity contribution in [2.24, 2.45) is 5.14 Å². The summed E-state index contributed by atoms with van der Waals surface area (Å²) < 4.78 is 17.6. The summed E-state index contributed by atoms with van der Waals surface area (Å²) in [5.41, 5.74) is 4.56. The van der Waals surface area contributed by atoms with E-state index in [0.29, 0.717) is 12.8 Å². The molecule has 2 aromatic rings. The van der Waals surface area contributed by atoms with Gasteiger partial charge in [-0.3, -0.25) is 0 Å². The highest BCUT2D eigenvalue weighted by Gasteiger charge is 2.09. The van der Waals surface area contributed by atoms with Gasteiger partial charge in [0.1, 0.15) is 0 Å². The topological polar surface area (TPSA) is 101 Å². The molecule has 0 aromatic heterocycles. The van der Waals surface area contributed by atoms with Crippen molar-refractivity contribution in [3.05, 3.63) is 59.7 Å². The molecule has 0 aliphatic rings. The van der Waals surface area contributed by atoms with Gasteiger partial charge in [-0.25, -0.2) is 13.6 Å². The molecule has 0 atom stereocenters. The summed E-state index contributed by atoms with van der Waals surface area (Å²) in [5, 5.41) is 22.4. The second kappa shape index (κ2) is 10.1. The summed E-state index contributed by atoms with van der Waals surface area (Å²) in [6.45, 7) is 0.263. The van der Waals surface area contributed by atoms with E-state index >= 15 is 0 Å². The summed E-state index contributed by atoms with van der Waals surface area (Å²) >= 11 is 0. The Labute approximate surface area is 132 Å². The van der Waals surface area contributed by atoms with Crippen molar-refractivity contribution in [3.8, 4) is 11.1 Å². The van der Waals surface area contributed by atoms with Crippen molar-refractivity contribution < 1.29 is 18.6 Å². The van der Waals surface area contributed by atoms with Crippen LogP contribution in [0.15, 0.2) is 48.5 Å². The molecule has 0 unspecified atom stereocenters. The van der Waals surface area contributed by atoms with Gasteiger partial charge in [-0.1, -0.05) is 48.5 Å². The van der Waals surface area contributed by atoms with E-state index in [-0.39, 0.29) is 13.2 Å². The molecule has 0 amide bonds. The average molecular weight is 323 g/mol. The van der Waals surface area contributed by atoms with Gasteiger partial charge < -0.3 is 10.2 Å². The van der Waals surface area contributed by atoms with Crippen molar-refractivity contribution in [1.82, 2.24) is 0 Å². The molecule has 0 bridgehead atoms. The van der Waals surface area contributed by atoms with Gasteiger partial charge in [0.15, 0.2) is 10.9 Å². The summed E-state index contributed by atoms with van der Waals surface area (Å²) in [6, 6.07) is 16.3. The highest BCUT2D eigenvalue weighted by Crippen LogP contribution is 2.27. The van der Waals surface area contributed by atoms with E-state index in [9.17, 15) is 5.11 Å². The van der Waals surface area contributed by atoms with Gasteiger partial charge in [-0.2, -0.15) is 0 Å². The molecule has 0 saturated carbocycles. The van der Waals surface area contributed by atoms with Crippen LogP contribution in [0.5, 0.6) is 0 Å². The summed E-state index contributed by atoms with van der Waals surface area (Å²) in [4.78, 5) is 0. The standard InChI is InChI=1S/C16H18O2.H3NO2S/c17-11-9-14-7-4-8-15(16(14)10-12-18)13-5-2-1-3-6-13;1-4(2)3/h1-8,17-18H,9-12H2;4H,(H2,1,2,3). The number of benzene rings is 2. The Bertz CT molecular complexity index is 634. The van der Waals surface area contributed by atoms with Crippen molar-refractivity contribution in [2.75, 3.05) is 13.2 Å². The lowest BCUT2D eigenvalue weighted by Crippen LogP contribution is -2.02. The number of rotatable bonds is 5. The number of aliphatic hydroxyl groups excluding tert-OH is 2. The molecule has 22 heavy (non-hydrogen) atoms. The van der Waals surface area contributed by atoms with Crippen molar-refractivity contribution in [3.63, 3.8) is 0 Å². The molecular weight excluding hydrogens is 302 g/mol. The molecule has 0 fully saturated rings. The first-order valence-electron chi connectivity index (χ1n) is 6.87. The summed E-state index contributed by atoms with van der Waals surface area (Å²) in [6.07, 6.45) is 1.26. The molecule has 0 aliphatic carbocycles. The lowest BCUT2D eigenvalue weighted by atomic mass is 9.92. The average Bonchev–Trinajstić information content (AvgIpc) is 2.50. The fraction of sp³-hybridized carbons (Fsp3) is 0.250. The summed E-state index contributed by atoms with van der Waals surface area (Å²) in [7, 11) is -2.62. The van der Waals surface area contributed by atoms with Gasteiger partial charge >= 0.3 is 0 Å². The summed E-state index contributed by atoms with van der Waals surface area (Å²) in [5.74, 6) is 0. The molecule has 4 N–H and O–H groups in total. The van der Waals surface area contributed by atoms with Gasteiger partial charge in [0.05, 0.1) is 0 Å². The molecule has 2 rings (SSSR count). The van der Waals surface area contributed by atoms with Crippen LogP contribution < -0.4 is 5.14 Å².